The Kier molecular flexibility index (Phi) is 4.44. The molecule has 0 bridgehead atoms. The Hall–Kier alpha value is -3.08. The minimum absolute atomic E-state index is 0.172. The minimum atomic E-state index is -0.346. The highest BCUT2D eigenvalue weighted by Gasteiger charge is 2.29. The van der Waals surface area contributed by atoms with Crippen molar-refractivity contribution in [3.63, 3.8) is 0 Å². The number of aliphatic imine (C=N–C) groups is 1. The van der Waals surface area contributed by atoms with Crippen LogP contribution in [0.25, 0.3) is 5.69 Å². The highest BCUT2D eigenvalue weighted by Crippen LogP contribution is 2.33. The topological polar surface area (TPSA) is 60.1 Å². The van der Waals surface area contributed by atoms with Crippen molar-refractivity contribution in [1.82, 2.24) is 14.8 Å². The van der Waals surface area contributed by atoms with Gasteiger partial charge in [0.1, 0.15) is 17.6 Å². The van der Waals surface area contributed by atoms with Gasteiger partial charge in [-0.1, -0.05) is 48.9 Å². The summed E-state index contributed by atoms with van der Waals surface area (Å²) in [5.41, 5.74) is 5.14. The maximum absolute atomic E-state index is 12.3. The van der Waals surface area contributed by atoms with Crippen LogP contribution in [0, 0.1) is 13.8 Å². The van der Waals surface area contributed by atoms with Gasteiger partial charge in [-0.2, -0.15) is 0 Å². The number of hydrogen-bond donors (Lipinski definition) is 0. The molecule has 0 unspecified atom stereocenters. The summed E-state index contributed by atoms with van der Waals surface area (Å²) in [4.78, 5) is 17.3. The van der Waals surface area contributed by atoms with Crippen molar-refractivity contribution in [2.45, 2.75) is 39.7 Å². The monoisotopic (exact) mass is 358 g/mol. The summed E-state index contributed by atoms with van der Waals surface area (Å²) in [5.74, 6) is 1.70. The van der Waals surface area contributed by atoms with Crippen molar-refractivity contribution in [1.29, 1.82) is 0 Å². The lowest BCUT2D eigenvalue weighted by Crippen LogP contribution is -2.10. The van der Waals surface area contributed by atoms with Crippen molar-refractivity contribution in [3.8, 4) is 5.69 Å². The molecule has 5 heteroatoms. The third-order valence-electron chi connectivity index (χ3n) is 4.94. The number of carbonyl (C=O) groups excluding carboxylic acids is 1. The van der Waals surface area contributed by atoms with E-state index in [0.29, 0.717) is 12.8 Å². The van der Waals surface area contributed by atoms with Gasteiger partial charge in [0.15, 0.2) is 5.82 Å². The Morgan fingerprint density at radius 3 is 2.59 bits per heavy atom. The smallest absolute Gasteiger partial charge is 0.162 e. The molecule has 2 heterocycles. The minimum Gasteiger partial charge on any atom is -0.300 e. The van der Waals surface area contributed by atoms with E-state index in [-0.39, 0.29) is 11.8 Å². The first-order chi connectivity index (χ1) is 13.1. The Morgan fingerprint density at radius 1 is 1.07 bits per heavy atom. The van der Waals surface area contributed by atoms with Gasteiger partial charge in [0, 0.05) is 24.0 Å². The molecule has 0 aliphatic carbocycles. The average Bonchev–Trinajstić information content (AvgIpc) is 3.00. The molecule has 1 aromatic heterocycles. The van der Waals surface area contributed by atoms with Gasteiger partial charge in [0.25, 0.3) is 0 Å². The van der Waals surface area contributed by atoms with Crippen LogP contribution in [0.3, 0.4) is 0 Å². The van der Waals surface area contributed by atoms with E-state index in [1.807, 2.05) is 36.6 Å². The van der Waals surface area contributed by atoms with E-state index in [1.165, 1.54) is 0 Å². The van der Waals surface area contributed by atoms with Gasteiger partial charge >= 0.3 is 0 Å². The average molecular weight is 358 g/mol. The Balaban J connectivity index is 2.00. The molecule has 27 heavy (non-hydrogen) atoms. The number of fused-ring (bicyclic) bond motifs is 3. The first kappa shape index (κ1) is 17.3. The number of aryl methyl sites for hydroxylation is 2. The van der Waals surface area contributed by atoms with Crippen LogP contribution in [0.5, 0.6) is 0 Å². The Morgan fingerprint density at radius 2 is 1.85 bits per heavy atom. The molecule has 0 spiro atoms. The zero-order valence-electron chi connectivity index (χ0n) is 15.8. The molecule has 0 amide bonds. The van der Waals surface area contributed by atoms with Gasteiger partial charge in [-0.15, -0.1) is 10.2 Å². The number of Topliss-reactive ketones (excluding diaryl/α,β-unsaturated/α-hetero) is 1. The number of aromatic nitrogens is 3. The van der Waals surface area contributed by atoms with Crippen LogP contribution in [-0.4, -0.2) is 26.3 Å². The van der Waals surface area contributed by atoms with Crippen LogP contribution in [0.2, 0.25) is 0 Å². The van der Waals surface area contributed by atoms with Gasteiger partial charge < -0.3 is 0 Å². The Bertz CT molecular complexity index is 1030. The van der Waals surface area contributed by atoms with Crippen LogP contribution in [0.15, 0.2) is 53.5 Å². The number of ketones is 1. The lowest BCUT2D eigenvalue weighted by Gasteiger charge is -2.13. The van der Waals surface area contributed by atoms with Gasteiger partial charge in [0.05, 0.1) is 11.4 Å². The predicted octanol–water partition coefficient (Wildman–Crippen LogP) is 4.15. The zero-order chi connectivity index (χ0) is 19.0. The predicted molar refractivity (Wildman–Crippen MR) is 106 cm³/mol. The van der Waals surface area contributed by atoms with Crippen LogP contribution in [0.1, 0.15) is 54.1 Å². The summed E-state index contributed by atoms with van der Waals surface area (Å²) in [5, 5.41) is 8.66. The van der Waals surface area contributed by atoms with Crippen LogP contribution in [0.4, 0.5) is 0 Å². The summed E-state index contributed by atoms with van der Waals surface area (Å²) in [6.07, 6.45) is 0.823. The molecule has 2 aromatic carbocycles. The molecule has 1 atom stereocenters. The number of carbonyl (C=O) groups is 1. The molecule has 0 radical (unpaired) electrons. The summed E-state index contributed by atoms with van der Waals surface area (Å²) >= 11 is 0. The van der Waals surface area contributed by atoms with Crippen molar-refractivity contribution >= 4 is 11.5 Å². The molecular weight excluding hydrogens is 336 g/mol. The molecule has 0 saturated carbocycles. The molecule has 5 nitrogen and oxygen atoms in total. The van der Waals surface area contributed by atoms with Gasteiger partial charge in [-0.3, -0.25) is 14.4 Å². The van der Waals surface area contributed by atoms with Crippen LogP contribution in [-0.2, 0) is 4.79 Å². The molecule has 4 rings (SSSR count). The molecule has 1 aliphatic rings. The standard InChI is InChI=1S/C22H22N4O/c1-4-17(27)13-19-22-25-24-15(3)26(22)20-11-10-14(2)12-18(20)21(23-19)16-8-6-5-7-9-16/h5-12,19H,4,13H2,1-3H3/t19-/m0/s1. The number of rotatable bonds is 4. The molecule has 0 saturated heterocycles. The van der Waals surface area contributed by atoms with Gasteiger partial charge in [-0.25, -0.2) is 0 Å². The van der Waals surface area contributed by atoms with Crippen molar-refractivity contribution in [3.05, 3.63) is 76.9 Å². The van der Waals surface area contributed by atoms with Crippen molar-refractivity contribution in [2.24, 2.45) is 4.99 Å². The van der Waals surface area contributed by atoms with Crippen LogP contribution >= 0.6 is 0 Å². The molecular formula is C22H22N4O. The SMILES string of the molecule is CCC(=O)C[C@@H]1N=C(c2ccccc2)c2cc(C)ccc2-n2c(C)nnc21. The maximum atomic E-state index is 12.3. The van der Waals surface area contributed by atoms with E-state index < -0.39 is 0 Å². The second-order valence-electron chi connectivity index (χ2n) is 6.92. The largest absolute Gasteiger partial charge is 0.300 e. The van der Waals surface area contributed by atoms with Crippen LogP contribution < -0.4 is 0 Å². The second kappa shape index (κ2) is 6.91. The summed E-state index contributed by atoms with van der Waals surface area (Å²) in [7, 11) is 0. The van der Waals surface area contributed by atoms with E-state index in [9.17, 15) is 4.79 Å². The Labute approximate surface area is 158 Å². The van der Waals surface area contributed by atoms with Crippen molar-refractivity contribution in [2.75, 3.05) is 0 Å². The first-order valence-electron chi connectivity index (χ1n) is 9.26. The molecule has 1 aliphatic heterocycles. The van der Waals surface area contributed by atoms with E-state index in [4.69, 9.17) is 4.99 Å². The zero-order valence-corrected chi connectivity index (χ0v) is 15.8. The summed E-state index contributed by atoms with van der Waals surface area (Å²) < 4.78 is 2.04. The number of nitrogens with zero attached hydrogens (tertiary/aromatic N) is 4. The lowest BCUT2D eigenvalue weighted by atomic mass is 9.98. The maximum Gasteiger partial charge on any atom is 0.162 e. The van der Waals surface area contributed by atoms with Crippen molar-refractivity contribution < 1.29 is 4.79 Å². The van der Waals surface area contributed by atoms with E-state index in [2.05, 4.69) is 47.5 Å². The third-order valence-corrected chi connectivity index (χ3v) is 4.94. The van der Waals surface area contributed by atoms with E-state index in [1.54, 1.807) is 0 Å². The molecule has 0 N–H and O–H groups in total. The summed E-state index contributed by atoms with van der Waals surface area (Å²) in [6.45, 7) is 5.90. The van der Waals surface area contributed by atoms with Gasteiger partial charge in [-0.05, 0) is 26.0 Å². The lowest BCUT2D eigenvalue weighted by molar-refractivity contribution is -0.119. The fourth-order valence-electron chi connectivity index (χ4n) is 3.53. The molecule has 136 valence electrons. The summed E-state index contributed by atoms with van der Waals surface area (Å²) in [6, 6.07) is 16.1. The molecule has 3 aromatic rings. The third kappa shape index (κ3) is 3.10. The first-order valence-corrected chi connectivity index (χ1v) is 9.26. The fraction of sp³-hybridized carbons (Fsp3) is 0.273. The quantitative estimate of drug-likeness (QED) is 0.704. The second-order valence-corrected chi connectivity index (χ2v) is 6.92. The number of benzene rings is 2. The van der Waals surface area contributed by atoms with E-state index in [0.717, 1.165) is 39.7 Å². The van der Waals surface area contributed by atoms with E-state index >= 15 is 0 Å². The molecule has 0 fully saturated rings. The normalized spacial score (nSPS) is 15.5. The number of hydrogen-bond acceptors (Lipinski definition) is 4. The fourth-order valence-corrected chi connectivity index (χ4v) is 3.53. The van der Waals surface area contributed by atoms with Gasteiger partial charge in [0.2, 0.25) is 0 Å². The highest BCUT2D eigenvalue weighted by molar-refractivity contribution is 6.15. The highest BCUT2D eigenvalue weighted by atomic mass is 16.1.